The average molecular weight is 181 g/mol. The van der Waals surface area contributed by atoms with E-state index in [4.69, 9.17) is 4.84 Å². The minimum Gasteiger partial charge on any atom is -0.391 e. The molecule has 0 unspecified atom stereocenters. The molecule has 0 aliphatic carbocycles. The van der Waals surface area contributed by atoms with Crippen molar-refractivity contribution in [3.8, 4) is 0 Å². The van der Waals surface area contributed by atoms with Crippen molar-refractivity contribution in [2.45, 2.75) is 20.0 Å². The Balaban J connectivity index is 2.45. The van der Waals surface area contributed by atoms with Gasteiger partial charge >= 0.3 is 0 Å². The molecule has 0 amide bonds. The maximum Gasteiger partial charge on any atom is 0.145 e. The highest BCUT2D eigenvalue weighted by Gasteiger charge is 1.98. The highest BCUT2D eigenvalue weighted by Crippen LogP contribution is 2.07. The van der Waals surface area contributed by atoms with E-state index in [-0.39, 0.29) is 12.4 Å². The minimum absolute atomic E-state index is 0.184. The highest BCUT2D eigenvalue weighted by atomic mass is 19.1. The summed E-state index contributed by atoms with van der Waals surface area (Å²) in [6, 6.07) is 6.50. The second kappa shape index (κ2) is 5.30. The first-order chi connectivity index (χ1) is 6.34. The van der Waals surface area contributed by atoms with Gasteiger partial charge in [0.1, 0.15) is 12.4 Å². The summed E-state index contributed by atoms with van der Waals surface area (Å²) in [7, 11) is 0. The molecule has 0 aliphatic heterocycles. The van der Waals surface area contributed by atoms with Crippen molar-refractivity contribution in [1.29, 1.82) is 0 Å². The van der Waals surface area contributed by atoms with Gasteiger partial charge in [0.05, 0.1) is 0 Å². The Morgan fingerprint density at radius 3 is 2.92 bits per heavy atom. The number of hydrogen-bond donors (Lipinski definition) is 0. The molecule has 0 aromatic heterocycles. The third-order valence-electron chi connectivity index (χ3n) is 1.51. The molecule has 13 heavy (non-hydrogen) atoms. The van der Waals surface area contributed by atoms with Crippen LogP contribution < -0.4 is 0 Å². The lowest BCUT2D eigenvalue weighted by Crippen LogP contribution is -1.91. The molecule has 3 heteroatoms. The van der Waals surface area contributed by atoms with E-state index in [0.717, 1.165) is 6.42 Å². The van der Waals surface area contributed by atoms with Crippen molar-refractivity contribution < 1.29 is 9.23 Å². The van der Waals surface area contributed by atoms with Crippen molar-refractivity contribution in [3.63, 3.8) is 0 Å². The molecule has 0 aliphatic rings. The van der Waals surface area contributed by atoms with Crippen LogP contribution in [0.15, 0.2) is 29.4 Å². The zero-order valence-electron chi connectivity index (χ0n) is 7.53. The fraction of sp³-hybridized carbons (Fsp3) is 0.300. The van der Waals surface area contributed by atoms with Crippen molar-refractivity contribution in [2.75, 3.05) is 0 Å². The lowest BCUT2D eigenvalue weighted by atomic mass is 10.2. The van der Waals surface area contributed by atoms with E-state index in [1.165, 1.54) is 6.07 Å². The van der Waals surface area contributed by atoms with Crippen LogP contribution >= 0.6 is 0 Å². The minimum atomic E-state index is -0.255. The smallest absolute Gasteiger partial charge is 0.145 e. The van der Waals surface area contributed by atoms with Gasteiger partial charge in [0.2, 0.25) is 0 Å². The zero-order chi connectivity index (χ0) is 9.52. The lowest BCUT2D eigenvalue weighted by molar-refractivity contribution is 0.129. The van der Waals surface area contributed by atoms with E-state index in [1.807, 2.05) is 6.92 Å². The van der Waals surface area contributed by atoms with E-state index in [1.54, 1.807) is 24.4 Å². The number of nitrogens with zero attached hydrogens (tertiary/aromatic N) is 1. The SMILES string of the molecule is CCC=NOCc1ccccc1F. The monoisotopic (exact) mass is 181 g/mol. The van der Waals surface area contributed by atoms with Gasteiger partial charge < -0.3 is 4.84 Å². The fourth-order valence-electron chi connectivity index (χ4n) is 0.850. The van der Waals surface area contributed by atoms with Crippen molar-refractivity contribution in [2.24, 2.45) is 5.16 Å². The molecule has 2 nitrogen and oxygen atoms in total. The van der Waals surface area contributed by atoms with Gasteiger partial charge in [0.15, 0.2) is 0 Å². The van der Waals surface area contributed by atoms with Crippen LogP contribution in [0, 0.1) is 5.82 Å². The zero-order valence-corrected chi connectivity index (χ0v) is 7.53. The standard InChI is InChI=1S/C10H12FNO/c1-2-7-12-13-8-9-5-3-4-6-10(9)11/h3-7H,2,8H2,1H3. The maximum absolute atomic E-state index is 13.0. The summed E-state index contributed by atoms with van der Waals surface area (Å²) in [6.45, 7) is 2.14. The molecular weight excluding hydrogens is 169 g/mol. The Hall–Kier alpha value is -1.38. The fourth-order valence-corrected chi connectivity index (χ4v) is 0.850. The molecule has 0 heterocycles. The van der Waals surface area contributed by atoms with E-state index in [0.29, 0.717) is 5.56 Å². The first-order valence-corrected chi connectivity index (χ1v) is 4.21. The first-order valence-electron chi connectivity index (χ1n) is 4.21. The summed E-state index contributed by atoms with van der Waals surface area (Å²) < 4.78 is 13.0. The quantitative estimate of drug-likeness (QED) is 0.517. The topological polar surface area (TPSA) is 21.6 Å². The Morgan fingerprint density at radius 1 is 1.46 bits per heavy atom. The third-order valence-corrected chi connectivity index (χ3v) is 1.51. The Kier molecular flexibility index (Phi) is 3.96. The van der Waals surface area contributed by atoms with Gasteiger partial charge in [-0.05, 0) is 12.5 Å². The molecule has 0 saturated heterocycles. The molecule has 0 fully saturated rings. The van der Waals surface area contributed by atoms with Gasteiger partial charge in [-0.15, -0.1) is 0 Å². The van der Waals surface area contributed by atoms with Gasteiger partial charge in [-0.2, -0.15) is 0 Å². The summed E-state index contributed by atoms with van der Waals surface area (Å²) in [6.07, 6.45) is 2.46. The van der Waals surface area contributed by atoms with E-state index < -0.39 is 0 Å². The van der Waals surface area contributed by atoms with Crippen molar-refractivity contribution in [3.05, 3.63) is 35.6 Å². The predicted octanol–water partition coefficient (Wildman–Crippen LogP) is 2.74. The lowest BCUT2D eigenvalue weighted by Gasteiger charge is -2.00. The molecule has 0 atom stereocenters. The van der Waals surface area contributed by atoms with E-state index in [2.05, 4.69) is 5.16 Å². The van der Waals surface area contributed by atoms with E-state index >= 15 is 0 Å². The molecule has 1 rings (SSSR count). The molecule has 0 saturated carbocycles. The van der Waals surface area contributed by atoms with Crippen LogP contribution in [0.25, 0.3) is 0 Å². The maximum atomic E-state index is 13.0. The van der Waals surface area contributed by atoms with Gasteiger partial charge in [-0.3, -0.25) is 0 Å². The van der Waals surface area contributed by atoms with Crippen LogP contribution in [0.5, 0.6) is 0 Å². The van der Waals surface area contributed by atoms with Crippen LogP contribution in [-0.2, 0) is 11.4 Å². The summed E-state index contributed by atoms with van der Waals surface area (Å²) >= 11 is 0. The van der Waals surface area contributed by atoms with Crippen LogP contribution in [0.2, 0.25) is 0 Å². The van der Waals surface area contributed by atoms with Crippen LogP contribution in [-0.4, -0.2) is 6.21 Å². The normalized spacial score (nSPS) is 10.6. The summed E-state index contributed by atoms with van der Waals surface area (Å²) in [5.74, 6) is -0.255. The van der Waals surface area contributed by atoms with E-state index in [9.17, 15) is 4.39 Å². The van der Waals surface area contributed by atoms with Crippen LogP contribution in [0.4, 0.5) is 4.39 Å². The predicted molar refractivity (Wildman–Crippen MR) is 50.0 cm³/mol. The summed E-state index contributed by atoms with van der Waals surface area (Å²) in [5.41, 5.74) is 0.524. The molecule has 70 valence electrons. The average Bonchev–Trinajstić information content (AvgIpc) is 2.15. The Bertz CT molecular complexity index is 286. The molecule has 0 radical (unpaired) electrons. The summed E-state index contributed by atoms with van der Waals surface area (Å²) in [4.78, 5) is 4.87. The van der Waals surface area contributed by atoms with Gasteiger partial charge in [0, 0.05) is 11.8 Å². The highest BCUT2D eigenvalue weighted by molar-refractivity contribution is 5.55. The third kappa shape index (κ3) is 3.23. The molecule has 1 aromatic carbocycles. The van der Waals surface area contributed by atoms with Crippen molar-refractivity contribution in [1.82, 2.24) is 0 Å². The second-order valence-electron chi connectivity index (χ2n) is 2.56. The van der Waals surface area contributed by atoms with Crippen LogP contribution in [0.3, 0.4) is 0 Å². The Labute approximate surface area is 77.0 Å². The number of hydrogen-bond acceptors (Lipinski definition) is 2. The molecular formula is C10H12FNO. The van der Waals surface area contributed by atoms with Gasteiger partial charge in [-0.25, -0.2) is 4.39 Å². The van der Waals surface area contributed by atoms with Crippen LogP contribution in [0.1, 0.15) is 18.9 Å². The number of benzene rings is 1. The molecule has 0 N–H and O–H groups in total. The van der Waals surface area contributed by atoms with Gasteiger partial charge in [-0.1, -0.05) is 30.3 Å². The van der Waals surface area contributed by atoms with Crippen molar-refractivity contribution >= 4 is 6.21 Å². The first kappa shape index (κ1) is 9.71. The van der Waals surface area contributed by atoms with Gasteiger partial charge in [0.25, 0.3) is 0 Å². The Morgan fingerprint density at radius 2 is 2.23 bits per heavy atom. The largest absolute Gasteiger partial charge is 0.391 e. The molecule has 1 aromatic rings. The number of rotatable bonds is 4. The number of halogens is 1. The molecule has 0 bridgehead atoms. The number of oxime groups is 1. The summed E-state index contributed by atoms with van der Waals surface area (Å²) in [5, 5.41) is 3.63. The molecule has 0 spiro atoms. The second-order valence-corrected chi connectivity index (χ2v) is 2.56.